The summed E-state index contributed by atoms with van der Waals surface area (Å²) in [5.74, 6) is 0. The number of benzene rings is 1. The number of nitrogens with zero attached hydrogens (tertiary/aromatic N) is 2. The Morgan fingerprint density at radius 2 is 2.16 bits per heavy atom. The van der Waals surface area contributed by atoms with Crippen LogP contribution in [0.4, 0.5) is 5.69 Å². The van der Waals surface area contributed by atoms with Crippen LogP contribution in [0.2, 0.25) is 0 Å². The molecule has 2 unspecified atom stereocenters. The monoisotopic (exact) mass is 325 g/mol. The Balaban J connectivity index is 2.21. The van der Waals surface area contributed by atoms with Crippen LogP contribution in [0.5, 0.6) is 0 Å². The first-order valence-electron chi connectivity index (χ1n) is 6.96. The molecule has 19 heavy (non-hydrogen) atoms. The second kappa shape index (κ2) is 6.25. The number of rotatable bonds is 2. The van der Waals surface area contributed by atoms with Crippen molar-refractivity contribution in [3.63, 3.8) is 0 Å². The van der Waals surface area contributed by atoms with E-state index in [2.05, 4.69) is 64.8 Å². The standard InChI is InChI=1S/C15H24BrN3/c1-11-8-13(4-5-15(11)16)19-7-6-12(2)18(3)14(9-17)10-19/h4-5,8,12,14H,6-7,9-10,17H2,1-3H3. The van der Waals surface area contributed by atoms with Crippen LogP contribution in [0.1, 0.15) is 18.9 Å². The molecule has 0 bridgehead atoms. The van der Waals surface area contributed by atoms with Gasteiger partial charge in [-0.1, -0.05) is 15.9 Å². The van der Waals surface area contributed by atoms with Crippen LogP contribution in [-0.4, -0.2) is 43.7 Å². The van der Waals surface area contributed by atoms with Crippen molar-refractivity contribution in [2.45, 2.75) is 32.4 Å². The van der Waals surface area contributed by atoms with E-state index in [9.17, 15) is 0 Å². The molecule has 1 heterocycles. The first-order valence-corrected chi connectivity index (χ1v) is 7.75. The summed E-state index contributed by atoms with van der Waals surface area (Å²) in [5.41, 5.74) is 8.54. The molecule has 1 aliphatic heterocycles. The van der Waals surface area contributed by atoms with Crippen LogP contribution in [0, 0.1) is 6.92 Å². The lowest BCUT2D eigenvalue weighted by molar-refractivity contribution is 0.201. The zero-order chi connectivity index (χ0) is 14.0. The van der Waals surface area contributed by atoms with Crippen molar-refractivity contribution in [1.29, 1.82) is 0 Å². The zero-order valence-corrected chi connectivity index (χ0v) is 13.7. The van der Waals surface area contributed by atoms with Crippen molar-refractivity contribution < 1.29 is 0 Å². The van der Waals surface area contributed by atoms with Crippen LogP contribution in [0.15, 0.2) is 22.7 Å². The van der Waals surface area contributed by atoms with Crippen LogP contribution < -0.4 is 10.6 Å². The van der Waals surface area contributed by atoms with E-state index in [-0.39, 0.29) is 0 Å². The summed E-state index contributed by atoms with van der Waals surface area (Å²) in [5, 5.41) is 0. The lowest BCUT2D eigenvalue weighted by Crippen LogP contribution is -2.46. The Bertz CT molecular complexity index is 435. The largest absolute Gasteiger partial charge is 0.370 e. The fourth-order valence-electron chi connectivity index (χ4n) is 2.68. The fourth-order valence-corrected chi connectivity index (χ4v) is 2.93. The molecule has 0 aliphatic carbocycles. The van der Waals surface area contributed by atoms with Crippen LogP contribution in [0.3, 0.4) is 0 Å². The Hall–Kier alpha value is -0.580. The summed E-state index contributed by atoms with van der Waals surface area (Å²) >= 11 is 3.57. The van der Waals surface area contributed by atoms with Gasteiger partial charge in [0.05, 0.1) is 0 Å². The first-order chi connectivity index (χ1) is 9.02. The highest BCUT2D eigenvalue weighted by Gasteiger charge is 2.25. The smallest absolute Gasteiger partial charge is 0.0393 e. The lowest BCUT2D eigenvalue weighted by atomic mass is 10.2. The Kier molecular flexibility index (Phi) is 4.87. The second-order valence-electron chi connectivity index (χ2n) is 5.57. The van der Waals surface area contributed by atoms with E-state index in [1.165, 1.54) is 22.1 Å². The molecule has 0 spiro atoms. The summed E-state index contributed by atoms with van der Waals surface area (Å²) in [6.45, 7) is 7.26. The highest BCUT2D eigenvalue weighted by Crippen LogP contribution is 2.25. The predicted octanol–water partition coefficient (Wildman–Crippen LogP) is 2.62. The van der Waals surface area contributed by atoms with Gasteiger partial charge in [0.2, 0.25) is 0 Å². The van der Waals surface area contributed by atoms with Gasteiger partial charge >= 0.3 is 0 Å². The molecule has 2 N–H and O–H groups in total. The minimum absolute atomic E-state index is 0.432. The molecule has 1 aromatic rings. The van der Waals surface area contributed by atoms with Gasteiger partial charge in [0.1, 0.15) is 0 Å². The molecule has 0 amide bonds. The lowest BCUT2D eigenvalue weighted by Gasteiger charge is -2.31. The third-order valence-corrected chi connectivity index (χ3v) is 5.19. The summed E-state index contributed by atoms with van der Waals surface area (Å²) in [7, 11) is 2.19. The van der Waals surface area contributed by atoms with Crippen LogP contribution >= 0.6 is 15.9 Å². The highest BCUT2D eigenvalue weighted by molar-refractivity contribution is 9.10. The number of likely N-dealkylation sites (N-methyl/N-ethyl adjacent to an activating group) is 1. The Morgan fingerprint density at radius 1 is 1.42 bits per heavy atom. The van der Waals surface area contributed by atoms with E-state index in [4.69, 9.17) is 5.73 Å². The maximum absolute atomic E-state index is 5.94. The van der Waals surface area contributed by atoms with E-state index in [0.29, 0.717) is 18.6 Å². The number of hydrogen-bond acceptors (Lipinski definition) is 3. The molecule has 1 aromatic carbocycles. The van der Waals surface area contributed by atoms with Gasteiger partial charge in [-0.25, -0.2) is 0 Å². The normalized spacial score (nSPS) is 25.4. The van der Waals surface area contributed by atoms with Gasteiger partial charge in [0.25, 0.3) is 0 Å². The van der Waals surface area contributed by atoms with Crippen molar-refractivity contribution in [2.75, 3.05) is 31.6 Å². The number of hydrogen-bond donors (Lipinski definition) is 1. The molecule has 1 saturated heterocycles. The predicted molar refractivity (Wildman–Crippen MR) is 85.8 cm³/mol. The number of anilines is 1. The van der Waals surface area contributed by atoms with E-state index >= 15 is 0 Å². The quantitative estimate of drug-likeness (QED) is 0.907. The van der Waals surface area contributed by atoms with Gasteiger partial charge in [0, 0.05) is 41.9 Å². The number of nitrogens with two attached hydrogens (primary N) is 1. The molecule has 2 atom stereocenters. The van der Waals surface area contributed by atoms with Crippen LogP contribution in [-0.2, 0) is 0 Å². The fraction of sp³-hybridized carbons (Fsp3) is 0.600. The summed E-state index contributed by atoms with van der Waals surface area (Å²) in [6.07, 6.45) is 1.18. The molecule has 0 saturated carbocycles. The van der Waals surface area contributed by atoms with Gasteiger partial charge < -0.3 is 10.6 Å². The number of halogens is 1. The Labute approximate surface area is 124 Å². The topological polar surface area (TPSA) is 32.5 Å². The van der Waals surface area contributed by atoms with E-state index in [1.54, 1.807) is 0 Å². The zero-order valence-electron chi connectivity index (χ0n) is 12.1. The molecule has 3 nitrogen and oxygen atoms in total. The molecule has 1 fully saturated rings. The molecule has 0 radical (unpaired) electrons. The molecule has 4 heteroatoms. The van der Waals surface area contributed by atoms with Crippen LogP contribution in [0.25, 0.3) is 0 Å². The van der Waals surface area contributed by atoms with Crippen molar-refractivity contribution in [2.24, 2.45) is 5.73 Å². The SMILES string of the molecule is Cc1cc(N2CCC(C)N(C)C(CN)C2)ccc1Br. The van der Waals surface area contributed by atoms with Gasteiger partial charge in [0.15, 0.2) is 0 Å². The minimum Gasteiger partial charge on any atom is -0.370 e. The highest BCUT2D eigenvalue weighted by atomic mass is 79.9. The molecular weight excluding hydrogens is 302 g/mol. The van der Waals surface area contributed by atoms with E-state index in [1.807, 2.05) is 0 Å². The molecule has 0 aromatic heterocycles. The maximum atomic E-state index is 5.94. The average molecular weight is 326 g/mol. The summed E-state index contributed by atoms with van der Waals surface area (Å²) in [6, 6.07) is 7.62. The van der Waals surface area contributed by atoms with Gasteiger partial charge in [-0.15, -0.1) is 0 Å². The van der Waals surface area contributed by atoms with Crippen molar-refractivity contribution >= 4 is 21.6 Å². The third kappa shape index (κ3) is 3.30. The number of aryl methyl sites for hydroxylation is 1. The minimum atomic E-state index is 0.432. The molecular formula is C15H24BrN3. The average Bonchev–Trinajstić information content (AvgIpc) is 2.54. The maximum Gasteiger partial charge on any atom is 0.0393 e. The summed E-state index contributed by atoms with van der Waals surface area (Å²) in [4.78, 5) is 4.89. The molecule has 106 valence electrons. The van der Waals surface area contributed by atoms with Gasteiger partial charge in [-0.05, 0) is 51.1 Å². The van der Waals surface area contributed by atoms with Crippen molar-refractivity contribution in [1.82, 2.24) is 4.90 Å². The van der Waals surface area contributed by atoms with E-state index in [0.717, 1.165) is 13.1 Å². The molecule has 1 aliphatic rings. The van der Waals surface area contributed by atoms with Crippen molar-refractivity contribution in [3.05, 3.63) is 28.2 Å². The summed E-state index contributed by atoms with van der Waals surface area (Å²) < 4.78 is 1.17. The second-order valence-corrected chi connectivity index (χ2v) is 6.43. The van der Waals surface area contributed by atoms with Gasteiger partial charge in [-0.2, -0.15) is 0 Å². The first kappa shape index (κ1) is 14.8. The van der Waals surface area contributed by atoms with Crippen molar-refractivity contribution in [3.8, 4) is 0 Å². The van der Waals surface area contributed by atoms with E-state index < -0.39 is 0 Å². The van der Waals surface area contributed by atoms with Gasteiger partial charge in [-0.3, -0.25) is 4.90 Å². The third-order valence-electron chi connectivity index (χ3n) is 4.30. The molecule has 2 rings (SSSR count). The Morgan fingerprint density at radius 3 is 2.79 bits per heavy atom.